The molecule has 2 aliphatic carbocycles. The predicted octanol–water partition coefficient (Wildman–Crippen LogP) is 2.82. The zero-order valence-electron chi connectivity index (χ0n) is 16.9. The molecule has 0 saturated heterocycles. The molecule has 1 unspecified atom stereocenters. The van der Waals surface area contributed by atoms with E-state index in [1.807, 2.05) is 5.01 Å². The monoisotopic (exact) mass is 398 g/mol. The van der Waals surface area contributed by atoms with Crippen LogP contribution in [0.1, 0.15) is 62.2 Å². The van der Waals surface area contributed by atoms with Crippen molar-refractivity contribution in [2.45, 2.75) is 69.6 Å². The highest BCUT2D eigenvalue weighted by Gasteiger charge is 2.48. The first-order valence-electron chi connectivity index (χ1n) is 10.6. The summed E-state index contributed by atoms with van der Waals surface area (Å²) in [7, 11) is 0. The minimum absolute atomic E-state index is 0.0473. The largest absolute Gasteiger partial charge is 0.347 e. The van der Waals surface area contributed by atoms with Crippen molar-refractivity contribution in [3.05, 3.63) is 29.8 Å². The van der Waals surface area contributed by atoms with E-state index in [0.717, 1.165) is 25.7 Å². The lowest BCUT2D eigenvalue weighted by Gasteiger charge is -2.33. The van der Waals surface area contributed by atoms with Gasteiger partial charge in [0.1, 0.15) is 11.7 Å². The number of hydrogen-bond acceptors (Lipinski definition) is 6. The summed E-state index contributed by atoms with van der Waals surface area (Å²) in [6, 6.07) is 6.85. The Morgan fingerprint density at radius 3 is 2.48 bits per heavy atom. The molecule has 0 bridgehead atoms. The first-order chi connectivity index (χ1) is 13.9. The number of anilines is 1. The first kappa shape index (κ1) is 19.8. The molecule has 1 aromatic rings. The Hall–Kier alpha value is -2.48. The SMILES string of the molecule is CC(=O)Nc1ccc(C(=O)N[C@@H](C2CCCCC2)C2CN(C3(N)CC3)N=N2)cc1. The van der Waals surface area contributed by atoms with Crippen LogP contribution < -0.4 is 16.4 Å². The van der Waals surface area contributed by atoms with E-state index in [-0.39, 0.29) is 29.6 Å². The van der Waals surface area contributed by atoms with E-state index in [9.17, 15) is 9.59 Å². The van der Waals surface area contributed by atoms with Gasteiger partial charge in [0.25, 0.3) is 5.91 Å². The van der Waals surface area contributed by atoms with Gasteiger partial charge in [-0.25, -0.2) is 0 Å². The smallest absolute Gasteiger partial charge is 0.251 e. The molecule has 0 aromatic heterocycles. The van der Waals surface area contributed by atoms with Crippen LogP contribution in [0.3, 0.4) is 0 Å². The maximum Gasteiger partial charge on any atom is 0.251 e. The third kappa shape index (κ3) is 4.58. The van der Waals surface area contributed by atoms with Gasteiger partial charge in [0.05, 0.1) is 12.6 Å². The highest BCUT2D eigenvalue weighted by Crippen LogP contribution is 2.39. The summed E-state index contributed by atoms with van der Waals surface area (Å²) in [5.74, 6) is 0.157. The van der Waals surface area contributed by atoms with E-state index in [1.54, 1.807) is 24.3 Å². The van der Waals surface area contributed by atoms with Crippen molar-refractivity contribution in [1.82, 2.24) is 10.3 Å². The summed E-state index contributed by atoms with van der Waals surface area (Å²) in [4.78, 5) is 24.1. The summed E-state index contributed by atoms with van der Waals surface area (Å²) in [5, 5.41) is 16.7. The molecule has 4 rings (SSSR count). The Balaban J connectivity index is 1.45. The Bertz CT molecular complexity index is 783. The van der Waals surface area contributed by atoms with Crippen LogP contribution in [-0.4, -0.2) is 41.1 Å². The van der Waals surface area contributed by atoms with Crippen LogP contribution in [0.25, 0.3) is 0 Å². The Kier molecular flexibility index (Phi) is 5.54. The van der Waals surface area contributed by atoms with Crippen LogP contribution >= 0.6 is 0 Å². The number of benzene rings is 1. The predicted molar refractivity (Wildman–Crippen MR) is 110 cm³/mol. The minimum Gasteiger partial charge on any atom is -0.347 e. The summed E-state index contributed by atoms with van der Waals surface area (Å²) in [6.07, 6.45) is 7.73. The molecule has 1 aromatic carbocycles. The Labute approximate surface area is 171 Å². The fourth-order valence-electron chi connectivity index (χ4n) is 4.39. The van der Waals surface area contributed by atoms with Gasteiger partial charge in [0.2, 0.25) is 5.91 Å². The van der Waals surface area contributed by atoms with Crippen LogP contribution in [0, 0.1) is 5.92 Å². The van der Waals surface area contributed by atoms with Gasteiger partial charge in [-0.3, -0.25) is 14.6 Å². The van der Waals surface area contributed by atoms with Gasteiger partial charge in [-0.2, -0.15) is 5.11 Å². The first-order valence-corrected chi connectivity index (χ1v) is 10.6. The highest BCUT2D eigenvalue weighted by atomic mass is 16.2. The quantitative estimate of drug-likeness (QED) is 0.684. The molecular weight excluding hydrogens is 368 g/mol. The number of rotatable bonds is 6. The van der Waals surface area contributed by atoms with Gasteiger partial charge >= 0.3 is 0 Å². The number of amides is 2. The molecule has 3 aliphatic rings. The van der Waals surface area contributed by atoms with E-state index < -0.39 is 0 Å². The molecule has 4 N–H and O–H groups in total. The standard InChI is InChI=1S/C21H30N6O2/c1-14(28)23-17-9-7-16(8-10-17)20(29)24-19(15-5-3-2-4-6-15)18-13-27(26-25-18)21(22)11-12-21/h7-10,15,18-19H,2-6,11-13,22H2,1H3,(H,23,28)(H,24,29)/t18?,19-/m0/s1. The topological polar surface area (TPSA) is 112 Å². The van der Waals surface area contributed by atoms with E-state index in [0.29, 0.717) is 23.7 Å². The molecule has 8 nitrogen and oxygen atoms in total. The number of carbonyl (C=O) groups is 2. The van der Waals surface area contributed by atoms with Crippen LogP contribution in [0.2, 0.25) is 0 Å². The van der Waals surface area contributed by atoms with Crippen LogP contribution in [0.15, 0.2) is 34.6 Å². The van der Waals surface area contributed by atoms with Crippen molar-refractivity contribution in [2.24, 2.45) is 22.0 Å². The van der Waals surface area contributed by atoms with Crippen molar-refractivity contribution >= 4 is 17.5 Å². The average Bonchev–Trinajstić information content (AvgIpc) is 3.27. The van der Waals surface area contributed by atoms with Crippen LogP contribution in [0.4, 0.5) is 5.69 Å². The second-order valence-electron chi connectivity index (χ2n) is 8.61. The number of hydrogen-bond donors (Lipinski definition) is 3. The third-order valence-electron chi connectivity index (χ3n) is 6.28. The van der Waals surface area contributed by atoms with Gasteiger partial charge in [-0.1, -0.05) is 24.5 Å². The lowest BCUT2D eigenvalue weighted by molar-refractivity contribution is -0.114. The summed E-state index contributed by atoms with van der Waals surface area (Å²) >= 11 is 0. The molecule has 0 spiro atoms. The van der Waals surface area contributed by atoms with Crippen LogP contribution in [-0.2, 0) is 4.79 Å². The van der Waals surface area contributed by atoms with Crippen molar-refractivity contribution in [1.29, 1.82) is 0 Å². The van der Waals surface area contributed by atoms with Gasteiger partial charge in [-0.15, -0.1) is 0 Å². The number of nitrogens with zero attached hydrogens (tertiary/aromatic N) is 3. The van der Waals surface area contributed by atoms with E-state index in [1.165, 1.54) is 26.2 Å². The van der Waals surface area contributed by atoms with Crippen molar-refractivity contribution in [2.75, 3.05) is 11.9 Å². The Morgan fingerprint density at radius 1 is 1.17 bits per heavy atom. The van der Waals surface area contributed by atoms with E-state index in [4.69, 9.17) is 5.73 Å². The van der Waals surface area contributed by atoms with E-state index >= 15 is 0 Å². The molecular formula is C21H30N6O2. The maximum absolute atomic E-state index is 13.0. The van der Waals surface area contributed by atoms with Gasteiger partial charge in [0, 0.05) is 18.2 Å². The van der Waals surface area contributed by atoms with E-state index in [2.05, 4.69) is 21.0 Å². The lowest BCUT2D eigenvalue weighted by atomic mass is 9.81. The molecule has 2 fully saturated rings. The Morgan fingerprint density at radius 2 is 1.86 bits per heavy atom. The zero-order valence-corrected chi connectivity index (χ0v) is 16.9. The molecule has 29 heavy (non-hydrogen) atoms. The van der Waals surface area contributed by atoms with Crippen molar-refractivity contribution < 1.29 is 9.59 Å². The minimum atomic E-state index is -0.334. The molecule has 2 atom stereocenters. The maximum atomic E-state index is 13.0. The fraction of sp³-hybridized carbons (Fsp3) is 0.619. The summed E-state index contributed by atoms with van der Waals surface area (Å²) in [6.45, 7) is 2.13. The molecule has 2 saturated carbocycles. The van der Waals surface area contributed by atoms with Gasteiger partial charge in [-0.05, 0) is 55.9 Å². The number of carbonyl (C=O) groups excluding carboxylic acids is 2. The third-order valence-corrected chi connectivity index (χ3v) is 6.28. The molecule has 8 heteroatoms. The number of nitrogens with two attached hydrogens (primary N) is 1. The molecule has 156 valence electrons. The lowest BCUT2D eigenvalue weighted by Crippen LogP contribution is -2.51. The highest BCUT2D eigenvalue weighted by molar-refractivity contribution is 5.95. The van der Waals surface area contributed by atoms with Gasteiger partial charge in [0.15, 0.2) is 0 Å². The molecule has 1 heterocycles. The normalized spacial score (nSPS) is 24.2. The van der Waals surface area contributed by atoms with Crippen molar-refractivity contribution in [3.8, 4) is 0 Å². The molecule has 1 aliphatic heterocycles. The fourth-order valence-corrected chi connectivity index (χ4v) is 4.39. The van der Waals surface area contributed by atoms with Gasteiger partial charge < -0.3 is 16.4 Å². The van der Waals surface area contributed by atoms with Crippen molar-refractivity contribution in [3.63, 3.8) is 0 Å². The second kappa shape index (κ2) is 8.10. The molecule has 0 radical (unpaired) electrons. The summed E-state index contributed by atoms with van der Waals surface area (Å²) < 4.78 is 0. The zero-order chi connectivity index (χ0) is 20.4. The molecule has 2 amide bonds. The second-order valence-corrected chi connectivity index (χ2v) is 8.61. The number of nitrogens with one attached hydrogen (secondary N) is 2. The van der Waals surface area contributed by atoms with Crippen LogP contribution in [0.5, 0.6) is 0 Å². The average molecular weight is 399 g/mol. The summed E-state index contributed by atoms with van der Waals surface area (Å²) in [5.41, 5.74) is 7.20.